The summed E-state index contributed by atoms with van der Waals surface area (Å²) in [6.45, 7) is 1.79. The van der Waals surface area contributed by atoms with Crippen LogP contribution in [-0.4, -0.2) is 36.0 Å². The van der Waals surface area contributed by atoms with Crippen LogP contribution < -0.4 is 10.5 Å². The summed E-state index contributed by atoms with van der Waals surface area (Å²) in [5, 5.41) is 0. The summed E-state index contributed by atoms with van der Waals surface area (Å²) in [5.74, 6) is 1.40. The number of likely N-dealkylation sites (tertiary alicyclic amines) is 1. The Morgan fingerprint density at radius 2 is 2.05 bits per heavy atom. The zero-order chi connectivity index (χ0) is 13.2. The van der Waals surface area contributed by atoms with Crippen molar-refractivity contribution in [3.8, 4) is 5.75 Å². The Kier molecular flexibility index (Phi) is 3.42. The lowest BCUT2D eigenvalue weighted by Crippen LogP contribution is -2.41. The van der Waals surface area contributed by atoms with Crippen molar-refractivity contribution in [2.24, 2.45) is 11.7 Å². The van der Waals surface area contributed by atoms with E-state index in [1.807, 2.05) is 30.3 Å². The average molecular weight is 260 g/mol. The number of carbonyl (C=O) groups is 1. The van der Waals surface area contributed by atoms with Crippen LogP contribution in [0.5, 0.6) is 5.75 Å². The Morgan fingerprint density at radius 3 is 2.68 bits per heavy atom. The Bertz CT molecular complexity index is 445. The fraction of sp³-hybridized carbons (Fsp3) is 0.533. The predicted octanol–water partition coefficient (Wildman–Crippen LogP) is 1.40. The Balaban J connectivity index is 1.62. The molecule has 2 aliphatic rings. The highest BCUT2D eigenvalue weighted by atomic mass is 16.5. The number of para-hydroxylation sites is 1. The van der Waals surface area contributed by atoms with E-state index in [0.717, 1.165) is 24.8 Å². The first-order chi connectivity index (χ1) is 9.22. The minimum Gasteiger partial charge on any atom is -0.489 e. The second-order valence-electron chi connectivity index (χ2n) is 5.60. The third-order valence-electron chi connectivity index (χ3n) is 3.93. The fourth-order valence-electron chi connectivity index (χ4n) is 2.77. The highest BCUT2D eigenvalue weighted by Gasteiger charge is 2.39. The van der Waals surface area contributed by atoms with Gasteiger partial charge in [-0.25, -0.2) is 0 Å². The first-order valence-electron chi connectivity index (χ1n) is 6.97. The van der Waals surface area contributed by atoms with Gasteiger partial charge in [0.25, 0.3) is 0 Å². The van der Waals surface area contributed by atoms with Gasteiger partial charge in [-0.1, -0.05) is 18.2 Å². The number of hydrogen-bond donors (Lipinski definition) is 1. The van der Waals surface area contributed by atoms with Crippen LogP contribution in [0.2, 0.25) is 0 Å². The van der Waals surface area contributed by atoms with Gasteiger partial charge in [-0.05, 0) is 30.9 Å². The van der Waals surface area contributed by atoms with Gasteiger partial charge in [0.05, 0.1) is 6.04 Å². The van der Waals surface area contributed by atoms with Crippen molar-refractivity contribution < 1.29 is 9.53 Å². The van der Waals surface area contributed by atoms with Crippen LogP contribution in [0, 0.1) is 5.92 Å². The smallest absolute Gasteiger partial charge is 0.234 e. The van der Waals surface area contributed by atoms with E-state index in [-0.39, 0.29) is 18.1 Å². The second kappa shape index (κ2) is 5.21. The lowest BCUT2D eigenvalue weighted by atomic mass is 10.2. The number of ether oxygens (including phenoxy) is 1. The quantitative estimate of drug-likeness (QED) is 0.870. The largest absolute Gasteiger partial charge is 0.489 e. The molecule has 19 heavy (non-hydrogen) atoms. The van der Waals surface area contributed by atoms with E-state index in [1.165, 1.54) is 12.8 Å². The molecule has 1 aromatic carbocycles. The van der Waals surface area contributed by atoms with E-state index in [9.17, 15) is 4.79 Å². The maximum Gasteiger partial charge on any atom is 0.234 e. The summed E-state index contributed by atoms with van der Waals surface area (Å²) in [4.78, 5) is 13.7. The molecule has 0 unspecified atom stereocenters. The van der Waals surface area contributed by atoms with Crippen molar-refractivity contribution in [1.82, 2.24) is 4.90 Å². The molecule has 2 atom stereocenters. The molecule has 2 N–H and O–H groups in total. The van der Waals surface area contributed by atoms with Crippen LogP contribution in [0.25, 0.3) is 0 Å². The van der Waals surface area contributed by atoms with Crippen molar-refractivity contribution >= 4 is 5.91 Å². The standard InChI is InChI=1S/C15H20N2O2/c16-15(18)14-8-13(10-17(14)9-11-6-7-11)19-12-4-2-1-3-5-12/h1-5,11,13-14H,6-10H2,(H2,16,18)/t13-,14-/m0/s1. The first-order valence-corrected chi connectivity index (χ1v) is 6.97. The number of primary amides is 1. The maximum absolute atomic E-state index is 11.5. The molecule has 1 saturated carbocycles. The van der Waals surface area contributed by atoms with Gasteiger partial charge in [-0.15, -0.1) is 0 Å². The normalized spacial score (nSPS) is 27.4. The summed E-state index contributed by atoms with van der Waals surface area (Å²) in [6.07, 6.45) is 3.34. The topological polar surface area (TPSA) is 55.6 Å². The van der Waals surface area contributed by atoms with Gasteiger partial charge in [-0.2, -0.15) is 0 Å². The molecular weight excluding hydrogens is 240 g/mol. The van der Waals surface area contributed by atoms with Gasteiger partial charge in [0, 0.05) is 19.5 Å². The summed E-state index contributed by atoms with van der Waals surface area (Å²) >= 11 is 0. The highest BCUT2D eigenvalue weighted by Crippen LogP contribution is 2.33. The number of benzene rings is 1. The van der Waals surface area contributed by atoms with Crippen molar-refractivity contribution in [3.63, 3.8) is 0 Å². The third kappa shape index (κ3) is 3.07. The van der Waals surface area contributed by atoms with E-state index in [0.29, 0.717) is 6.42 Å². The van der Waals surface area contributed by atoms with Gasteiger partial charge in [0.15, 0.2) is 0 Å². The van der Waals surface area contributed by atoms with Crippen molar-refractivity contribution in [3.05, 3.63) is 30.3 Å². The number of nitrogens with zero attached hydrogens (tertiary/aromatic N) is 1. The lowest BCUT2D eigenvalue weighted by molar-refractivity contribution is -0.122. The molecule has 4 heteroatoms. The third-order valence-corrected chi connectivity index (χ3v) is 3.93. The van der Waals surface area contributed by atoms with Crippen LogP contribution >= 0.6 is 0 Å². The van der Waals surface area contributed by atoms with E-state index >= 15 is 0 Å². The lowest BCUT2D eigenvalue weighted by Gasteiger charge is -2.20. The molecule has 0 aromatic heterocycles. The Labute approximate surface area is 113 Å². The minimum atomic E-state index is -0.222. The molecule has 102 valence electrons. The zero-order valence-corrected chi connectivity index (χ0v) is 11.0. The van der Waals surface area contributed by atoms with Gasteiger partial charge >= 0.3 is 0 Å². The molecule has 1 amide bonds. The summed E-state index contributed by atoms with van der Waals surface area (Å²) in [5.41, 5.74) is 5.50. The van der Waals surface area contributed by atoms with Gasteiger partial charge in [0.2, 0.25) is 5.91 Å². The van der Waals surface area contributed by atoms with Crippen molar-refractivity contribution in [2.75, 3.05) is 13.1 Å². The van der Waals surface area contributed by atoms with Gasteiger partial charge in [-0.3, -0.25) is 9.69 Å². The number of rotatable bonds is 5. The number of amides is 1. The van der Waals surface area contributed by atoms with Crippen molar-refractivity contribution in [1.29, 1.82) is 0 Å². The number of carbonyl (C=O) groups excluding carboxylic acids is 1. The fourth-order valence-corrected chi connectivity index (χ4v) is 2.77. The molecule has 1 heterocycles. The molecule has 1 aromatic rings. The van der Waals surface area contributed by atoms with Gasteiger partial charge in [0.1, 0.15) is 11.9 Å². The molecule has 1 aliphatic heterocycles. The zero-order valence-electron chi connectivity index (χ0n) is 11.0. The average Bonchev–Trinajstić information content (AvgIpc) is 3.11. The highest BCUT2D eigenvalue weighted by molar-refractivity contribution is 5.80. The Hall–Kier alpha value is -1.55. The van der Waals surface area contributed by atoms with E-state index < -0.39 is 0 Å². The molecule has 3 rings (SSSR count). The van der Waals surface area contributed by atoms with E-state index in [4.69, 9.17) is 10.5 Å². The van der Waals surface area contributed by atoms with Crippen molar-refractivity contribution in [2.45, 2.75) is 31.4 Å². The summed E-state index contributed by atoms with van der Waals surface area (Å²) < 4.78 is 5.94. The molecule has 1 aliphatic carbocycles. The number of hydrogen-bond acceptors (Lipinski definition) is 3. The molecule has 2 fully saturated rings. The van der Waals surface area contributed by atoms with Crippen LogP contribution in [0.4, 0.5) is 0 Å². The van der Waals surface area contributed by atoms with Crippen LogP contribution in [-0.2, 0) is 4.79 Å². The summed E-state index contributed by atoms with van der Waals surface area (Å²) in [7, 11) is 0. The molecule has 0 spiro atoms. The maximum atomic E-state index is 11.5. The van der Waals surface area contributed by atoms with Crippen LogP contribution in [0.3, 0.4) is 0 Å². The van der Waals surface area contributed by atoms with Crippen LogP contribution in [0.15, 0.2) is 30.3 Å². The second-order valence-corrected chi connectivity index (χ2v) is 5.60. The molecule has 1 saturated heterocycles. The molecule has 0 bridgehead atoms. The van der Waals surface area contributed by atoms with Gasteiger partial charge < -0.3 is 10.5 Å². The molecule has 4 nitrogen and oxygen atoms in total. The molecule has 0 radical (unpaired) electrons. The predicted molar refractivity (Wildman–Crippen MR) is 72.8 cm³/mol. The van der Waals surface area contributed by atoms with Crippen LogP contribution in [0.1, 0.15) is 19.3 Å². The first kappa shape index (κ1) is 12.5. The minimum absolute atomic E-state index is 0.0682. The van der Waals surface area contributed by atoms with E-state index in [1.54, 1.807) is 0 Å². The Morgan fingerprint density at radius 1 is 1.32 bits per heavy atom. The molecular formula is C15H20N2O2. The monoisotopic (exact) mass is 260 g/mol. The van der Waals surface area contributed by atoms with E-state index in [2.05, 4.69) is 4.90 Å². The summed E-state index contributed by atoms with van der Waals surface area (Å²) in [6, 6.07) is 9.61. The SMILES string of the molecule is NC(=O)[C@@H]1C[C@H](Oc2ccccc2)CN1CC1CC1. The number of nitrogens with two attached hydrogens (primary N) is 1.